The summed E-state index contributed by atoms with van der Waals surface area (Å²) in [6.45, 7) is 1.93. The van der Waals surface area contributed by atoms with Gasteiger partial charge in [-0.05, 0) is 42.3 Å². The van der Waals surface area contributed by atoms with E-state index in [-0.39, 0.29) is 27.7 Å². The number of rotatable bonds is 7. The molecule has 33 heavy (non-hydrogen) atoms. The molecule has 1 atom stereocenters. The number of sulfonamides is 1. The lowest BCUT2D eigenvalue weighted by Gasteiger charge is -2.19. The molecule has 0 aliphatic rings. The summed E-state index contributed by atoms with van der Waals surface area (Å²) < 4.78 is 42.8. The summed E-state index contributed by atoms with van der Waals surface area (Å²) in [4.78, 5) is 17.2. The first-order chi connectivity index (χ1) is 15.9. The second-order valence-corrected chi connectivity index (χ2v) is 9.12. The molecule has 1 amide bonds. The standard InChI is InChI=1S/C25H22FN3O3S/c1-2-21(17-8-4-3-5-9-17)28-25(30)20-14-13-19(26)16-22(20)29-33(31,32)23-12-6-10-18-11-7-15-27-24(18)23/h3-16,21,29H,2H2,1H3,(H,28,30). The predicted molar refractivity (Wildman–Crippen MR) is 126 cm³/mol. The van der Waals surface area contributed by atoms with E-state index in [4.69, 9.17) is 0 Å². The van der Waals surface area contributed by atoms with Crippen LogP contribution in [0.15, 0.2) is 90.0 Å². The van der Waals surface area contributed by atoms with Crippen LogP contribution >= 0.6 is 0 Å². The van der Waals surface area contributed by atoms with Gasteiger partial charge in [-0.25, -0.2) is 12.8 Å². The highest BCUT2D eigenvalue weighted by Gasteiger charge is 2.23. The van der Waals surface area contributed by atoms with Crippen LogP contribution in [0.5, 0.6) is 0 Å². The molecular weight excluding hydrogens is 441 g/mol. The van der Waals surface area contributed by atoms with Gasteiger partial charge in [-0.2, -0.15) is 0 Å². The van der Waals surface area contributed by atoms with E-state index in [1.165, 1.54) is 18.3 Å². The van der Waals surface area contributed by atoms with Crippen LogP contribution in [-0.4, -0.2) is 19.3 Å². The van der Waals surface area contributed by atoms with Gasteiger partial charge in [0.1, 0.15) is 10.7 Å². The molecule has 3 aromatic carbocycles. The lowest BCUT2D eigenvalue weighted by Crippen LogP contribution is -2.29. The van der Waals surface area contributed by atoms with E-state index in [1.54, 1.807) is 24.3 Å². The number of halogens is 1. The lowest BCUT2D eigenvalue weighted by atomic mass is 10.0. The van der Waals surface area contributed by atoms with Gasteiger partial charge in [-0.15, -0.1) is 0 Å². The topological polar surface area (TPSA) is 88.2 Å². The number of fused-ring (bicyclic) bond motifs is 1. The van der Waals surface area contributed by atoms with Gasteiger partial charge >= 0.3 is 0 Å². The fourth-order valence-electron chi connectivity index (χ4n) is 3.63. The van der Waals surface area contributed by atoms with Crippen molar-refractivity contribution in [2.75, 3.05) is 4.72 Å². The minimum atomic E-state index is -4.16. The summed E-state index contributed by atoms with van der Waals surface area (Å²) in [7, 11) is -4.16. The highest BCUT2D eigenvalue weighted by Crippen LogP contribution is 2.26. The number of anilines is 1. The molecule has 2 N–H and O–H groups in total. The van der Waals surface area contributed by atoms with Crippen LogP contribution in [0, 0.1) is 5.82 Å². The van der Waals surface area contributed by atoms with Crippen molar-refractivity contribution in [2.24, 2.45) is 0 Å². The minimum Gasteiger partial charge on any atom is -0.345 e. The second kappa shape index (κ2) is 9.38. The van der Waals surface area contributed by atoms with E-state index in [0.29, 0.717) is 11.8 Å². The second-order valence-electron chi connectivity index (χ2n) is 7.47. The average Bonchev–Trinajstić information content (AvgIpc) is 2.82. The number of hydrogen-bond acceptors (Lipinski definition) is 4. The predicted octanol–water partition coefficient (Wildman–Crippen LogP) is 5.06. The van der Waals surface area contributed by atoms with Crippen molar-refractivity contribution in [3.63, 3.8) is 0 Å². The maximum atomic E-state index is 14.1. The molecule has 0 saturated carbocycles. The van der Waals surface area contributed by atoms with Gasteiger partial charge in [0.15, 0.2) is 0 Å². The summed E-state index contributed by atoms with van der Waals surface area (Å²) >= 11 is 0. The Balaban J connectivity index is 1.68. The molecular formula is C25H22FN3O3S. The molecule has 6 nitrogen and oxygen atoms in total. The van der Waals surface area contributed by atoms with E-state index >= 15 is 0 Å². The molecule has 0 aliphatic carbocycles. The zero-order valence-corrected chi connectivity index (χ0v) is 18.6. The number of carbonyl (C=O) groups excluding carboxylic acids is 1. The molecule has 4 rings (SSSR count). The van der Waals surface area contributed by atoms with Gasteiger partial charge in [0.25, 0.3) is 15.9 Å². The highest BCUT2D eigenvalue weighted by molar-refractivity contribution is 7.93. The number of carbonyl (C=O) groups is 1. The number of pyridine rings is 1. The van der Waals surface area contributed by atoms with Crippen LogP contribution in [0.3, 0.4) is 0 Å². The molecule has 0 bridgehead atoms. The first-order valence-electron chi connectivity index (χ1n) is 10.4. The first kappa shape index (κ1) is 22.4. The summed E-state index contributed by atoms with van der Waals surface area (Å²) in [5.41, 5.74) is 1.07. The molecule has 0 spiro atoms. The molecule has 168 valence electrons. The summed E-state index contributed by atoms with van der Waals surface area (Å²) in [5, 5.41) is 3.55. The Morgan fingerprint density at radius 2 is 1.76 bits per heavy atom. The molecule has 0 fully saturated rings. The van der Waals surface area contributed by atoms with E-state index < -0.39 is 21.7 Å². The number of para-hydroxylation sites is 1. The smallest absolute Gasteiger partial charge is 0.264 e. The number of aromatic nitrogens is 1. The SMILES string of the molecule is CCC(NC(=O)c1ccc(F)cc1NS(=O)(=O)c1cccc2cccnc12)c1ccccc1. The summed E-state index contributed by atoms with van der Waals surface area (Å²) in [6, 6.07) is 20.7. The zero-order chi connectivity index (χ0) is 23.4. The van der Waals surface area contributed by atoms with Crippen LogP contribution < -0.4 is 10.0 Å². The van der Waals surface area contributed by atoms with E-state index in [0.717, 1.165) is 17.7 Å². The third kappa shape index (κ3) is 4.85. The van der Waals surface area contributed by atoms with Crippen molar-refractivity contribution in [3.8, 4) is 0 Å². The molecule has 4 aromatic rings. The van der Waals surface area contributed by atoms with Crippen molar-refractivity contribution >= 4 is 32.5 Å². The third-order valence-electron chi connectivity index (χ3n) is 5.27. The molecule has 0 radical (unpaired) electrons. The third-order valence-corrected chi connectivity index (χ3v) is 6.67. The van der Waals surface area contributed by atoms with Crippen molar-refractivity contribution < 1.29 is 17.6 Å². The van der Waals surface area contributed by atoms with Gasteiger partial charge in [0.05, 0.1) is 22.8 Å². The number of nitrogens with zero attached hydrogens (tertiary/aromatic N) is 1. The van der Waals surface area contributed by atoms with Crippen LogP contribution in [0.4, 0.5) is 10.1 Å². The van der Waals surface area contributed by atoms with Crippen molar-refractivity contribution in [2.45, 2.75) is 24.3 Å². The Kier molecular flexibility index (Phi) is 6.37. The fourth-order valence-corrected chi connectivity index (χ4v) is 4.89. The molecule has 1 unspecified atom stereocenters. The van der Waals surface area contributed by atoms with E-state index in [9.17, 15) is 17.6 Å². The fraction of sp³-hybridized carbons (Fsp3) is 0.120. The van der Waals surface area contributed by atoms with E-state index in [2.05, 4.69) is 15.0 Å². The monoisotopic (exact) mass is 463 g/mol. The highest BCUT2D eigenvalue weighted by atomic mass is 32.2. The summed E-state index contributed by atoms with van der Waals surface area (Å²) in [5.74, 6) is -1.19. The maximum Gasteiger partial charge on any atom is 0.264 e. The van der Waals surface area contributed by atoms with Crippen molar-refractivity contribution in [1.82, 2.24) is 10.3 Å². The molecule has 0 saturated heterocycles. The Morgan fingerprint density at radius 1 is 1.00 bits per heavy atom. The van der Waals surface area contributed by atoms with Crippen LogP contribution in [0.1, 0.15) is 35.3 Å². The maximum absolute atomic E-state index is 14.1. The number of benzene rings is 3. The van der Waals surface area contributed by atoms with Crippen molar-refractivity contribution in [3.05, 3.63) is 102 Å². The van der Waals surface area contributed by atoms with Crippen LogP contribution in [-0.2, 0) is 10.0 Å². The number of amides is 1. The van der Waals surface area contributed by atoms with Gasteiger partial charge < -0.3 is 5.32 Å². The largest absolute Gasteiger partial charge is 0.345 e. The zero-order valence-electron chi connectivity index (χ0n) is 17.8. The minimum absolute atomic E-state index is 0.0163. The van der Waals surface area contributed by atoms with Crippen LogP contribution in [0.2, 0.25) is 0 Å². The molecule has 1 aromatic heterocycles. The van der Waals surface area contributed by atoms with Crippen LogP contribution in [0.25, 0.3) is 10.9 Å². The molecule has 8 heteroatoms. The Hall–Kier alpha value is -3.78. The Bertz CT molecular complexity index is 1400. The Morgan fingerprint density at radius 3 is 2.52 bits per heavy atom. The van der Waals surface area contributed by atoms with Crippen molar-refractivity contribution in [1.29, 1.82) is 0 Å². The first-order valence-corrected chi connectivity index (χ1v) is 11.9. The molecule has 1 heterocycles. The van der Waals surface area contributed by atoms with E-state index in [1.807, 2.05) is 37.3 Å². The lowest BCUT2D eigenvalue weighted by molar-refractivity contribution is 0.0936. The van der Waals surface area contributed by atoms with Gasteiger partial charge in [-0.3, -0.25) is 14.5 Å². The van der Waals surface area contributed by atoms with Gasteiger partial charge in [-0.1, -0.05) is 55.5 Å². The quantitative estimate of drug-likeness (QED) is 0.401. The summed E-state index contributed by atoms with van der Waals surface area (Å²) in [6.07, 6.45) is 2.12. The van der Waals surface area contributed by atoms with Gasteiger partial charge in [0.2, 0.25) is 0 Å². The Labute approximate surface area is 191 Å². The average molecular weight is 464 g/mol. The normalized spacial score (nSPS) is 12.3. The number of nitrogens with one attached hydrogen (secondary N) is 2. The molecule has 0 aliphatic heterocycles. The van der Waals surface area contributed by atoms with Gasteiger partial charge in [0, 0.05) is 11.6 Å². The number of hydrogen-bond donors (Lipinski definition) is 2.